The van der Waals surface area contributed by atoms with Gasteiger partial charge in [-0.2, -0.15) is 0 Å². The van der Waals surface area contributed by atoms with Crippen LogP contribution in [-0.4, -0.2) is 37.8 Å². The number of carboxylic acid groups (broad SMARTS) is 1. The first-order valence-electron chi connectivity index (χ1n) is 3.05. The summed E-state index contributed by atoms with van der Waals surface area (Å²) in [6.07, 6.45) is -2.98. The largest absolute Gasteiger partial charge is 0.465 e. The standard InChI is InChI=1S/C5H8Cl3NO3/c1-2-9(4(11)12)3(10)5(6,7)8/h3,10H,2H2,1H3,(H,11,12). The van der Waals surface area contributed by atoms with Crippen molar-refractivity contribution in [2.75, 3.05) is 6.54 Å². The normalized spacial score (nSPS) is 14.1. The van der Waals surface area contributed by atoms with Gasteiger partial charge in [-0.05, 0) is 6.92 Å². The molecule has 0 radical (unpaired) electrons. The third-order valence-corrected chi connectivity index (χ3v) is 1.76. The third kappa shape index (κ3) is 3.23. The number of halogens is 3. The molecule has 0 saturated carbocycles. The minimum Gasteiger partial charge on any atom is -0.465 e. The second kappa shape index (κ2) is 4.37. The molecular formula is C5H8Cl3NO3. The van der Waals surface area contributed by atoms with E-state index in [4.69, 9.17) is 45.0 Å². The highest BCUT2D eigenvalue weighted by Crippen LogP contribution is 2.31. The maximum atomic E-state index is 10.4. The molecule has 0 aliphatic rings. The summed E-state index contributed by atoms with van der Waals surface area (Å²) in [6.45, 7) is 1.57. The molecule has 4 nitrogen and oxygen atoms in total. The van der Waals surface area contributed by atoms with Gasteiger partial charge in [0.1, 0.15) is 0 Å². The number of alkyl halides is 3. The summed E-state index contributed by atoms with van der Waals surface area (Å²) >= 11 is 15.8. The van der Waals surface area contributed by atoms with Crippen molar-refractivity contribution in [3.63, 3.8) is 0 Å². The number of rotatable bonds is 2. The van der Waals surface area contributed by atoms with E-state index >= 15 is 0 Å². The maximum absolute atomic E-state index is 10.4. The number of nitrogens with zero attached hydrogens (tertiary/aromatic N) is 1. The highest BCUT2D eigenvalue weighted by molar-refractivity contribution is 6.68. The average molecular weight is 236 g/mol. The molecule has 2 N–H and O–H groups in total. The zero-order chi connectivity index (χ0) is 9.94. The van der Waals surface area contributed by atoms with Crippen molar-refractivity contribution in [3.05, 3.63) is 0 Å². The first kappa shape index (κ1) is 12.1. The van der Waals surface area contributed by atoms with E-state index in [-0.39, 0.29) is 6.54 Å². The van der Waals surface area contributed by atoms with Gasteiger partial charge in [0.15, 0.2) is 6.23 Å². The SMILES string of the molecule is CCN(C(=O)O)C(O)C(Cl)(Cl)Cl. The van der Waals surface area contributed by atoms with E-state index in [1.807, 2.05) is 0 Å². The molecule has 1 atom stereocenters. The van der Waals surface area contributed by atoms with Crippen molar-refractivity contribution in [3.8, 4) is 0 Å². The number of amides is 1. The predicted octanol–water partition coefficient (Wildman–Crippen LogP) is 1.67. The van der Waals surface area contributed by atoms with Crippen LogP contribution in [0, 0.1) is 0 Å². The molecule has 0 aromatic rings. The van der Waals surface area contributed by atoms with E-state index in [0.717, 1.165) is 0 Å². The van der Waals surface area contributed by atoms with Crippen LogP contribution in [0.2, 0.25) is 0 Å². The Hall–Kier alpha value is 0.1000. The molecule has 0 fully saturated rings. The lowest BCUT2D eigenvalue weighted by Crippen LogP contribution is -2.46. The molecule has 0 aromatic carbocycles. The van der Waals surface area contributed by atoms with E-state index in [1.165, 1.54) is 6.92 Å². The van der Waals surface area contributed by atoms with E-state index in [2.05, 4.69) is 0 Å². The van der Waals surface area contributed by atoms with Crippen molar-refractivity contribution in [1.29, 1.82) is 0 Å². The van der Waals surface area contributed by atoms with Crippen LogP contribution in [0.3, 0.4) is 0 Å². The number of hydrogen-bond donors (Lipinski definition) is 2. The van der Waals surface area contributed by atoms with Crippen LogP contribution in [0.5, 0.6) is 0 Å². The van der Waals surface area contributed by atoms with E-state index in [1.54, 1.807) is 0 Å². The van der Waals surface area contributed by atoms with Gasteiger partial charge in [-0.25, -0.2) is 4.79 Å². The Morgan fingerprint density at radius 1 is 1.58 bits per heavy atom. The predicted molar refractivity (Wildman–Crippen MR) is 46.7 cm³/mol. The first-order valence-corrected chi connectivity index (χ1v) is 4.18. The Morgan fingerprint density at radius 2 is 2.00 bits per heavy atom. The smallest absolute Gasteiger partial charge is 0.409 e. The van der Waals surface area contributed by atoms with Gasteiger partial charge in [-0.3, -0.25) is 4.90 Å². The monoisotopic (exact) mass is 235 g/mol. The summed E-state index contributed by atoms with van der Waals surface area (Å²) in [5, 5.41) is 17.7. The third-order valence-electron chi connectivity index (χ3n) is 1.17. The van der Waals surface area contributed by atoms with Crippen LogP contribution < -0.4 is 0 Å². The molecule has 1 unspecified atom stereocenters. The van der Waals surface area contributed by atoms with Gasteiger partial charge in [0.05, 0.1) is 0 Å². The van der Waals surface area contributed by atoms with Gasteiger partial charge in [-0.15, -0.1) is 0 Å². The van der Waals surface area contributed by atoms with Crippen LogP contribution >= 0.6 is 34.8 Å². The number of aliphatic hydroxyl groups is 1. The van der Waals surface area contributed by atoms with Crippen LogP contribution in [0.1, 0.15) is 6.92 Å². The average Bonchev–Trinajstić information content (AvgIpc) is 1.86. The van der Waals surface area contributed by atoms with E-state index < -0.39 is 16.1 Å². The fourth-order valence-corrected chi connectivity index (χ4v) is 0.943. The highest BCUT2D eigenvalue weighted by atomic mass is 35.6. The zero-order valence-corrected chi connectivity index (χ0v) is 8.44. The Balaban J connectivity index is 4.42. The molecule has 0 saturated heterocycles. The van der Waals surface area contributed by atoms with Gasteiger partial charge in [0.2, 0.25) is 3.79 Å². The van der Waals surface area contributed by atoms with Crippen molar-refractivity contribution in [1.82, 2.24) is 4.90 Å². The molecule has 0 bridgehead atoms. The van der Waals surface area contributed by atoms with Gasteiger partial charge in [-0.1, -0.05) is 34.8 Å². The highest BCUT2D eigenvalue weighted by Gasteiger charge is 2.37. The van der Waals surface area contributed by atoms with Crippen molar-refractivity contribution in [2.45, 2.75) is 16.9 Å². The summed E-state index contributed by atoms with van der Waals surface area (Å²) in [4.78, 5) is 11.0. The van der Waals surface area contributed by atoms with Crippen molar-refractivity contribution >= 4 is 40.9 Å². The van der Waals surface area contributed by atoms with Gasteiger partial charge >= 0.3 is 6.09 Å². The van der Waals surface area contributed by atoms with Crippen LogP contribution in [-0.2, 0) is 0 Å². The summed E-state index contributed by atoms with van der Waals surface area (Å²) in [6, 6.07) is 0. The Bertz CT molecular complexity index is 170. The van der Waals surface area contributed by atoms with Gasteiger partial charge in [0, 0.05) is 6.54 Å². The van der Waals surface area contributed by atoms with Gasteiger partial charge in [0.25, 0.3) is 0 Å². The number of carbonyl (C=O) groups is 1. The maximum Gasteiger partial charge on any atom is 0.409 e. The second-order valence-corrected chi connectivity index (χ2v) is 4.35. The summed E-state index contributed by atoms with van der Waals surface area (Å²) < 4.78 is -2.02. The van der Waals surface area contributed by atoms with E-state index in [9.17, 15) is 4.79 Å². The van der Waals surface area contributed by atoms with Crippen LogP contribution in [0.25, 0.3) is 0 Å². The fourth-order valence-electron chi connectivity index (χ4n) is 0.590. The lowest BCUT2D eigenvalue weighted by atomic mass is 10.5. The molecule has 0 aliphatic carbocycles. The summed E-state index contributed by atoms with van der Waals surface area (Å²) in [5.74, 6) is 0. The lowest BCUT2D eigenvalue weighted by molar-refractivity contribution is 0.0181. The number of hydrogen-bond acceptors (Lipinski definition) is 2. The zero-order valence-electron chi connectivity index (χ0n) is 6.17. The number of aliphatic hydroxyl groups excluding tert-OH is 1. The van der Waals surface area contributed by atoms with Crippen LogP contribution in [0.15, 0.2) is 0 Å². The molecule has 0 rings (SSSR count). The quantitative estimate of drug-likeness (QED) is 0.566. The molecule has 0 aliphatic heterocycles. The summed E-state index contributed by atoms with van der Waals surface area (Å²) in [7, 11) is 0. The van der Waals surface area contributed by atoms with Gasteiger partial charge < -0.3 is 10.2 Å². The molecule has 7 heteroatoms. The van der Waals surface area contributed by atoms with Crippen molar-refractivity contribution in [2.24, 2.45) is 0 Å². The molecule has 0 heterocycles. The molecule has 72 valence electrons. The Kier molecular flexibility index (Phi) is 4.40. The minimum absolute atomic E-state index is 0.0460. The topological polar surface area (TPSA) is 60.8 Å². The lowest BCUT2D eigenvalue weighted by Gasteiger charge is -2.28. The van der Waals surface area contributed by atoms with Crippen molar-refractivity contribution < 1.29 is 15.0 Å². The first-order chi connectivity index (χ1) is 5.30. The summed E-state index contributed by atoms with van der Waals surface area (Å²) in [5.41, 5.74) is 0. The molecule has 1 amide bonds. The Labute approximate surface area is 84.6 Å². The fraction of sp³-hybridized carbons (Fsp3) is 0.800. The molecule has 0 spiro atoms. The molecular weight excluding hydrogens is 228 g/mol. The molecule has 12 heavy (non-hydrogen) atoms. The second-order valence-electron chi connectivity index (χ2n) is 1.98. The van der Waals surface area contributed by atoms with E-state index in [0.29, 0.717) is 4.90 Å². The molecule has 0 aromatic heterocycles. The van der Waals surface area contributed by atoms with Crippen LogP contribution in [0.4, 0.5) is 4.79 Å². The minimum atomic E-state index is -2.02. The Morgan fingerprint density at radius 3 is 2.08 bits per heavy atom.